The fraction of sp³-hybridized carbons (Fsp3) is 0.333. The van der Waals surface area contributed by atoms with Crippen LogP contribution in [0.2, 0.25) is 0 Å². The van der Waals surface area contributed by atoms with Crippen LogP contribution in [0.5, 0.6) is 0 Å². The predicted molar refractivity (Wildman–Crippen MR) is 81.9 cm³/mol. The van der Waals surface area contributed by atoms with Gasteiger partial charge in [-0.1, -0.05) is 0 Å². The molecule has 1 aliphatic heterocycles. The lowest BCUT2D eigenvalue weighted by Crippen LogP contribution is -2.51. The summed E-state index contributed by atoms with van der Waals surface area (Å²) in [6, 6.07) is 3.18. The highest BCUT2D eigenvalue weighted by atomic mass is 16.3. The number of nitrogens with one attached hydrogen (secondary N) is 1. The average Bonchev–Trinajstić information content (AvgIpc) is 3.15. The second-order valence-corrected chi connectivity index (χ2v) is 5.09. The normalized spacial score (nSPS) is 14.6. The van der Waals surface area contributed by atoms with E-state index in [1.54, 1.807) is 35.6 Å². The molecule has 2 amide bonds. The number of furan rings is 1. The number of nitrogens with zero attached hydrogens (tertiary/aromatic N) is 4. The number of amides is 2. The van der Waals surface area contributed by atoms with Crippen LogP contribution in [0, 0.1) is 0 Å². The Morgan fingerprint density at radius 2 is 2.04 bits per heavy atom. The molecule has 0 spiro atoms. The van der Waals surface area contributed by atoms with Crippen LogP contribution >= 0.6 is 0 Å². The summed E-state index contributed by atoms with van der Waals surface area (Å²) in [4.78, 5) is 36.0. The number of hydrogen-bond donors (Lipinski definition) is 1. The predicted octanol–water partition coefficient (Wildman–Crippen LogP) is 0.148. The number of carbonyl (C=O) groups excluding carboxylic acids is 2. The highest BCUT2D eigenvalue weighted by Gasteiger charge is 2.22. The SMILES string of the molecule is O=C(NCC(=O)N1CCN(c2cnccn2)CC1)c1ccco1. The Bertz CT molecular complexity index is 651. The van der Waals surface area contributed by atoms with Gasteiger partial charge in [0.25, 0.3) is 5.91 Å². The number of piperazine rings is 1. The van der Waals surface area contributed by atoms with E-state index in [-0.39, 0.29) is 24.1 Å². The summed E-state index contributed by atoms with van der Waals surface area (Å²) >= 11 is 0. The van der Waals surface area contributed by atoms with Crippen LogP contribution < -0.4 is 10.2 Å². The first-order valence-corrected chi connectivity index (χ1v) is 7.34. The van der Waals surface area contributed by atoms with Crippen molar-refractivity contribution in [3.8, 4) is 0 Å². The van der Waals surface area contributed by atoms with E-state index in [2.05, 4.69) is 20.2 Å². The lowest BCUT2D eigenvalue weighted by Gasteiger charge is -2.35. The fourth-order valence-electron chi connectivity index (χ4n) is 2.40. The van der Waals surface area contributed by atoms with E-state index in [4.69, 9.17) is 4.42 Å². The summed E-state index contributed by atoms with van der Waals surface area (Å²) in [7, 11) is 0. The molecule has 1 aliphatic rings. The number of anilines is 1. The van der Waals surface area contributed by atoms with Gasteiger partial charge in [0.2, 0.25) is 5.91 Å². The van der Waals surface area contributed by atoms with Gasteiger partial charge >= 0.3 is 0 Å². The van der Waals surface area contributed by atoms with Crippen molar-refractivity contribution in [1.82, 2.24) is 20.2 Å². The van der Waals surface area contributed by atoms with E-state index in [1.807, 2.05) is 0 Å². The molecule has 0 radical (unpaired) electrons. The first kappa shape index (κ1) is 15.0. The molecule has 1 fully saturated rings. The van der Waals surface area contributed by atoms with Crippen LogP contribution in [-0.4, -0.2) is 59.4 Å². The molecule has 0 aliphatic carbocycles. The average molecular weight is 315 g/mol. The van der Waals surface area contributed by atoms with E-state index in [0.717, 1.165) is 5.82 Å². The Morgan fingerprint density at radius 3 is 2.70 bits per heavy atom. The number of aromatic nitrogens is 2. The Balaban J connectivity index is 1.46. The molecule has 3 heterocycles. The lowest BCUT2D eigenvalue weighted by atomic mass is 10.3. The number of hydrogen-bond acceptors (Lipinski definition) is 6. The third-order valence-corrected chi connectivity index (χ3v) is 3.65. The van der Waals surface area contributed by atoms with E-state index >= 15 is 0 Å². The van der Waals surface area contributed by atoms with Crippen LogP contribution in [-0.2, 0) is 4.79 Å². The van der Waals surface area contributed by atoms with E-state index in [1.165, 1.54) is 6.26 Å². The standard InChI is InChI=1S/C15H17N5O3/c21-14(11-18-15(22)12-2-1-9-23-12)20-7-5-19(6-8-20)13-10-16-3-4-17-13/h1-4,9-10H,5-8,11H2,(H,18,22). The van der Waals surface area contributed by atoms with Gasteiger partial charge in [0.05, 0.1) is 19.0 Å². The summed E-state index contributed by atoms with van der Waals surface area (Å²) < 4.78 is 4.98. The molecule has 120 valence electrons. The van der Waals surface area contributed by atoms with Crippen LogP contribution in [0.3, 0.4) is 0 Å². The second-order valence-electron chi connectivity index (χ2n) is 5.09. The third kappa shape index (κ3) is 3.65. The Kier molecular flexibility index (Phi) is 4.51. The zero-order chi connectivity index (χ0) is 16.1. The summed E-state index contributed by atoms with van der Waals surface area (Å²) in [6.45, 7) is 2.52. The van der Waals surface area contributed by atoms with Crippen molar-refractivity contribution in [2.75, 3.05) is 37.6 Å². The summed E-state index contributed by atoms with van der Waals surface area (Å²) in [6.07, 6.45) is 6.41. The van der Waals surface area contributed by atoms with E-state index in [0.29, 0.717) is 26.2 Å². The maximum Gasteiger partial charge on any atom is 0.287 e. The van der Waals surface area contributed by atoms with Gasteiger partial charge < -0.3 is 19.5 Å². The molecule has 8 nitrogen and oxygen atoms in total. The molecule has 0 saturated carbocycles. The molecular weight excluding hydrogens is 298 g/mol. The maximum absolute atomic E-state index is 12.1. The Labute approximate surface area is 133 Å². The van der Waals surface area contributed by atoms with E-state index < -0.39 is 0 Å². The summed E-state index contributed by atoms with van der Waals surface area (Å²) in [5, 5.41) is 2.57. The minimum atomic E-state index is -0.387. The lowest BCUT2D eigenvalue weighted by molar-refractivity contribution is -0.130. The molecule has 1 N–H and O–H groups in total. The van der Waals surface area contributed by atoms with Crippen molar-refractivity contribution in [2.45, 2.75) is 0 Å². The molecule has 3 rings (SSSR count). The molecule has 8 heteroatoms. The van der Waals surface area contributed by atoms with Gasteiger partial charge in [0.15, 0.2) is 5.76 Å². The van der Waals surface area contributed by atoms with Crippen molar-refractivity contribution in [3.63, 3.8) is 0 Å². The van der Waals surface area contributed by atoms with Gasteiger partial charge in [0, 0.05) is 38.6 Å². The van der Waals surface area contributed by atoms with Crippen molar-refractivity contribution < 1.29 is 14.0 Å². The van der Waals surface area contributed by atoms with Gasteiger partial charge in [-0.25, -0.2) is 4.98 Å². The molecular formula is C15H17N5O3. The van der Waals surface area contributed by atoms with E-state index in [9.17, 15) is 9.59 Å². The summed E-state index contributed by atoms with van der Waals surface area (Å²) in [5.74, 6) is 0.515. The summed E-state index contributed by atoms with van der Waals surface area (Å²) in [5.41, 5.74) is 0. The molecule has 23 heavy (non-hydrogen) atoms. The van der Waals surface area contributed by atoms with Gasteiger partial charge in [-0.3, -0.25) is 14.6 Å². The van der Waals surface area contributed by atoms with Crippen LogP contribution in [0.25, 0.3) is 0 Å². The first-order valence-electron chi connectivity index (χ1n) is 7.34. The minimum Gasteiger partial charge on any atom is -0.459 e. The molecule has 0 aromatic carbocycles. The molecule has 0 unspecified atom stereocenters. The Morgan fingerprint density at radius 1 is 1.22 bits per heavy atom. The van der Waals surface area contributed by atoms with Crippen molar-refractivity contribution in [3.05, 3.63) is 42.7 Å². The molecule has 0 atom stereocenters. The second kappa shape index (κ2) is 6.91. The maximum atomic E-state index is 12.1. The van der Waals surface area contributed by atoms with Gasteiger partial charge in [-0.15, -0.1) is 0 Å². The largest absolute Gasteiger partial charge is 0.459 e. The van der Waals surface area contributed by atoms with Crippen LogP contribution in [0.15, 0.2) is 41.4 Å². The van der Waals surface area contributed by atoms with Crippen molar-refractivity contribution in [1.29, 1.82) is 0 Å². The van der Waals surface area contributed by atoms with Gasteiger partial charge in [0.1, 0.15) is 5.82 Å². The zero-order valence-electron chi connectivity index (χ0n) is 12.5. The van der Waals surface area contributed by atoms with Gasteiger partial charge in [-0.05, 0) is 12.1 Å². The van der Waals surface area contributed by atoms with Gasteiger partial charge in [-0.2, -0.15) is 0 Å². The van der Waals surface area contributed by atoms with Crippen LogP contribution in [0.4, 0.5) is 5.82 Å². The number of rotatable bonds is 4. The van der Waals surface area contributed by atoms with Crippen LogP contribution in [0.1, 0.15) is 10.6 Å². The quantitative estimate of drug-likeness (QED) is 0.863. The Hall–Kier alpha value is -2.90. The molecule has 1 saturated heterocycles. The highest BCUT2D eigenvalue weighted by Crippen LogP contribution is 2.11. The van der Waals surface area contributed by atoms with Crippen molar-refractivity contribution >= 4 is 17.6 Å². The molecule has 2 aromatic rings. The topological polar surface area (TPSA) is 91.6 Å². The monoisotopic (exact) mass is 315 g/mol. The molecule has 0 bridgehead atoms. The first-order chi connectivity index (χ1) is 11.2. The smallest absolute Gasteiger partial charge is 0.287 e. The zero-order valence-corrected chi connectivity index (χ0v) is 12.5. The molecule has 2 aromatic heterocycles. The third-order valence-electron chi connectivity index (χ3n) is 3.65. The highest BCUT2D eigenvalue weighted by molar-refractivity contribution is 5.94. The number of carbonyl (C=O) groups is 2. The van der Waals surface area contributed by atoms with Crippen molar-refractivity contribution in [2.24, 2.45) is 0 Å². The minimum absolute atomic E-state index is 0.0370. The fourth-order valence-corrected chi connectivity index (χ4v) is 2.40.